The number of benzene rings is 2. The maximum absolute atomic E-state index is 13.1. The zero-order chi connectivity index (χ0) is 40.8. The Balaban J connectivity index is 0.864. The SMILES string of the molecule is C[C@@H]1C(=O)N(C)Cc2c(-c3cccc4cc(-c5ccc(C(=O)NCCC#Cc6cccc7c6CN(C6CCC(=O)NC6=O)C7=O)nc5)ncc34)nc(C3CCOCC3)n21. The van der Waals surface area contributed by atoms with Crippen LogP contribution < -0.4 is 10.6 Å². The minimum absolute atomic E-state index is 0.0799. The minimum Gasteiger partial charge on any atom is -0.381 e. The van der Waals surface area contributed by atoms with E-state index in [1.807, 2.05) is 50.5 Å². The summed E-state index contributed by atoms with van der Waals surface area (Å²) in [5.41, 5.74) is 6.55. The lowest BCUT2D eigenvalue weighted by Crippen LogP contribution is -2.52. The van der Waals surface area contributed by atoms with Crippen LogP contribution in [0.5, 0.6) is 0 Å². The summed E-state index contributed by atoms with van der Waals surface area (Å²) < 4.78 is 7.80. The van der Waals surface area contributed by atoms with Crippen molar-refractivity contribution in [1.82, 2.24) is 40.0 Å². The number of likely N-dealkylation sites (N-methyl/N-ethyl adjacent to an activating group) is 1. The quantitative estimate of drug-likeness (QED) is 0.137. The number of ether oxygens (including phenoxy) is 1. The summed E-state index contributed by atoms with van der Waals surface area (Å²) in [6, 6.07) is 15.9. The van der Waals surface area contributed by atoms with Gasteiger partial charge in [0, 0.05) is 92.1 Å². The zero-order valence-corrected chi connectivity index (χ0v) is 32.8. The van der Waals surface area contributed by atoms with Gasteiger partial charge < -0.3 is 24.4 Å². The van der Waals surface area contributed by atoms with Crippen LogP contribution in [0.15, 0.2) is 67.0 Å². The van der Waals surface area contributed by atoms with Crippen LogP contribution in [0.2, 0.25) is 0 Å². The molecule has 0 saturated carbocycles. The first-order valence-electron chi connectivity index (χ1n) is 20.0. The summed E-state index contributed by atoms with van der Waals surface area (Å²) >= 11 is 0. The van der Waals surface area contributed by atoms with Crippen LogP contribution >= 0.6 is 0 Å². The molecule has 2 aromatic carbocycles. The third kappa shape index (κ3) is 7.01. The topological polar surface area (TPSA) is 169 Å². The molecule has 0 bridgehead atoms. The molecule has 1 unspecified atom stereocenters. The molecule has 5 amide bonds. The third-order valence-electron chi connectivity index (χ3n) is 11.8. The first-order valence-corrected chi connectivity index (χ1v) is 20.0. The molecule has 0 spiro atoms. The summed E-state index contributed by atoms with van der Waals surface area (Å²) in [7, 11) is 1.84. The Kier molecular flexibility index (Phi) is 9.98. The molecule has 3 aromatic heterocycles. The predicted molar refractivity (Wildman–Crippen MR) is 216 cm³/mol. The number of fused-ring (bicyclic) bond motifs is 3. The Hall–Kier alpha value is -6.72. The minimum atomic E-state index is -0.694. The van der Waals surface area contributed by atoms with Crippen molar-refractivity contribution < 1.29 is 28.7 Å². The summed E-state index contributed by atoms with van der Waals surface area (Å²) in [5, 5.41) is 7.13. The van der Waals surface area contributed by atoms with Crippen molar-refractivity contribution in [3.05, 3.63) is 101 Å². The third-order valence-corrected chi connectivity index (χ3v) is 11.8. The number of hydrogen-bond acceptors (Lipinski definition) is 9. The molecule has 7 heterocycles. The van der Waals surface area contributed by atoms with Gasteiger partial charge in [-0.3, -0.25) is 39.3 Å². The van der Waals surface area contributed by atoms with E-state index >= 15 is 0 Å². The monoisotopic (exact) mass is 790 g/mol. The number of imidazole rings is 1. The number of nitrogens with zero attached hydrogens (tertiary/aromatic N) is 6. The molecule has 298 valence electrons. The highest BCUT2D eigenvalue weighted by atomic mass is 16.5. The Morgan fingerprint density at radius 2 is 1.78 bits per heavy atom. The molecule has 5 aromatic rings. The number of imide groups is 1. The molecule has 14 heteroatoms. The largest absolute Gasteiger partial charge is 0.381 e. The Labute approximate surface area is 340 Å². The molecule has 2 N–H and O–H groups in total. The lowest BCUT2D eigenvalue weighted by Gasteiger charge is -2.32. The average Bonchev–Trinajstić information content (AvgIpc) is 3.80. The van der Waals surface area contributed by atoms with Crippen LogP contribution in [0.1, 0.15) is 94.5 Å². The first-order chi connectivity index (χ1) is 28.7. The fourth-order valence-corrected chi connectivity index (χ4v) is 8.67. The van der Waals surface area contributed by atoms with Gasteiger partial charge in [0.2, 0.25) is 17.7 Å². The number of carbonyl (C=O) groups is 5. The number of aromatic nitrogens is 4. The molecule has 0 radical (unpaired) electrons. The number of nitrogens with one attached hydrogen (secondary N) is 2. The fourth-order valence-electron chi connectivity index (χ4n) is 8.67. The predicted octanol–water partition coefficient (Wildman–Crippen LogP) is 4.52. The molecule has 14 nitrogen and oxygen atoms in total. The van der Waals surface area contributed by atoms with E-state index in [-0.39, 0.29) is 54.2 Å². The van der Waals surface area contributed by atoms with E-state index in [2.05, 4.69) is 38.1 Å². The van der Waals surface area contributed by atoms with Gasteiger partial charge in [0.1, 0.15) is 23.6 Å². The summed E-state index contributed by atoms with van der Waals surface area (Å²) in [6.07, 6.45) is 6.09. The van der Waals surface area contributed by atoms with Gasteiger partial charge in [0.25, 0.3) is 11.8 Å². The summed E-state index contributed by atoms with van der Waals surface area (Å²) in [5.74, 6) is 6.10. The van der Waals surface area contributed by atoms with Gasteiger partial charge >= 0.3 is 0 Å². The number of carbonyl (C=O) groups excluding carboxylic acids is 5. The van der Waals surface area contributed by atoms with E-state index in [0.717, 1.165) is 57.5 Å². The lowest BCUT2D eigenvalue weighted by atomic mass is 9.98. The maximum atomic E-state index is 13.1. The summed E-state index contributed by atoms with van der Waals surface area (Å²) in [6.45, 7) is 4.33. The number of hydrogen-bond donors (Lipinski definition) is 2. The smallest absolute Gasteiger partial charge is 0.269 e. The van der Waals surface area contributed by atoms with Crippen LogP contribution in [0.3, 0.4) is 0 Å². The fraction of sp³-hybridized carbons (Fsp3) is 0.333. The average molecular weight is 791 g/mol. The van der Waals surface area contributed by atoms with E-state index in [9.17, 15) is 24.0 Å². The van der Waals surface area contributed by atoms with E-state index in [4.69, 9.17) is 14.7 Å². The van der Waals surface area contributed by atoms with Crippen molar-refractivity contribution in [3.63, 3.8) is 0 Å². The molecule has 59 heavy (non-hydrogen) atoms. The Morgan fingerprint density at radius 3 is 2.58 bits per heavy atom. The van der Waals surface area contributed by atoms with Crippen LogP contribution in [0.4, 0.5) is 0 Å². The Bertz CT molecular complexity index is 2620. The molecule has 2 fully saturated rings. The van der Waals surface area contributed by atoms with Crippen molar-refractivity contribution in [2.45, 2.75) is 70.1 Å². The van der Waals surface area contributed by atoms with Gasteiger partial charge in [-0.05, 0) is 67.5 Å². The molecule has 2 atom stereocenters. The molecule has 0 aliphatic carbocycles. The first kappa shape index (κ1) is 37.8. The normalized spacial score (nSPS) is 19.3. The molecule has 9 rings (SSSR count). The van der Waals surface area contributed by atoms with Gasteiger partial charge in [0.05, 0.1) is 23.6 Å². The van der Waals surface area contributed by atoms with Gasteiger partial charge in [-0.25, -0.2) is 4.98 Å². The van der Waals surface area contributed by atoms with Crippen molar-refractivity contribution in [2.24, 2.45) is 0 Å². The maximum Gasteiger partial charge on any atom is 0.269 e. The number of amides is 5. The van der Waals surface area contributed by atoms with Crippen molar-refractivity contribution in [2.75, 3.05) is 26.8 Å². The molecular weight excluding hydrogens is 749 g/mol. The zero-order valence-electron chi connectivity index (χ0n) is 32.8. The second-order valence-corrected chi connectivity index (χ2v) is 15.5. The molecule has 4 aliphatic heterocycles. The van der Waals surface area contributed by atoms with Crippen molar-refractivity contribution >= 4 is 40.3 Å². The highest BCUT2D eigenvalue weighted by Crippen LogP contribution is 2.40. The Morgan fingerprint density at radius 1 is 0.966 bits per heavy atom. The van der Waals surface area contributed by atoms with Gasteiger partial charge in [0.15, 0.2) is 0 Å². The number of rotatable bonds is 7. The molecular formula is C45H42N8O6. The van der Waals surface area contributed by atoms with Crippen LogP contribution in [0, 0.1) is 11.8 Å². The van der Waals surface area contributed by atoms with Gasteiger partial charge in [-0.15, -0.1) is 0 Å². The second-order valence-electron chi connectivity index (χ2n) is 15.5. The highest BCUT2D eigenvalue weighted by molar-refractivity contribution is 6.05. The van der Waals surface area contributed by atoms with E-state index < -0.39 is 11.9 Å². The molecule has 2 saturated heterocycles. The van der Waals surface area contributed by atoms with E-state index in [0.29, 0.717) is 56.0 Å². The van der Waals surface area contributed by atoms with Crippen molar-refractivity contribution in [1.29, 1.82) is 0 Å². The number of piperidine rings is 1. The lowest BCUT2D eigenvalue weighted by molar-refractivity contribution is -0.137. The van der Waals surface area contributed by atoms with Crippen LogP contribution in [-0.4, -0.2) is 91.7 Å². The van der Waals surface area contributed by atoms with Gasteiger partial charge in [-0.1, -0.05) is 36.1 Å². The highest BCUT2D eigenvalue weighted by Gasteiger charge is 2.40. The standard InChI is InChI=1S/C45H42N8O6/c1-26-44(57)51(2)25-38-40(50-41(53(26)38)28-16-19-59-20-17-28)31-10-6-9-29-21-36(48-23-33(29)31)30-12-13-35(47-22-30)42(55)46-18-4-3-7-27-8-5-11-32-34(27)24-52(45(32)58)37-14-15-39(54)49-43(37)56/h5-6,8-13,21-23,26,28,37H,4,14-20,24-25H2,1-2H3,(H,46,55)(H,49,54,56)/t26-,37?/m1/s1. The van der Waals surface area contributed by atoms with Crippen LogP contribution in [0.25, 0.3) is 33.3 Å². The van der Waals surface area contributed by atoms with E-state index in [1.54, 1.807) is 29.3 Å². The molecule has 4 aliphatic rings. The number of pyridine rings is 2. The second kappa shape index (κ2) is 15.6. The van der Waals surface area contributed by atoms with Gasteiger partial charge in [-0.2, -0.15) is 0 Å². The van der Waals surface area contributed by atoms with Crippen molar-refractivity contribution in [3.8, 4) is 34.4 Å². The van der Waals surface area contributed by atoms with Crippen LogP contribution in [-0.2, 0) is 32.2 Å². The summed E-state index contributed by atoms with van der Waals surface area (Å²) in [4.78, 5) is 81.1. The van der Waals surface area contributed by atoms with E-state index in [1.165, 1.54) is 4.90 Å².